The fourth-order valence-electron chi connectivity index (χ4n) is 3.24. The number of carbonyl (C=O) groups excluding carboxylic acids is 2. The predicted molar refractivity (Wildman–Crippen MR) is 78.7 cm³/mol. The van der Waals surface area contributed by atoms with Crippen LogP contribution in [0.15, 0.2) is 24.3 Å². The summed E-state index contributed by atoms with van der Waals surface area (Å²) in [7, 11) is 1.61. The number of hydrogen-bond acceptors (Lipinski definition) is 3. The van der Waals surface area contributed by atoms with Crippen LogP contribution in [-0.4, -0.2) is 42.5 Å². The predicted octanol–water partition coefficient (Wildman–Crippen LogP) is 1.79. The van der Waals surface area contributed by atoms with E-state index in [9.17, 15) is 14.0 Å². The molecule has 0 saturated carbocycles. The standard InChI is InChI=1S/C16H19FN2O3/c1-19(16(21)13-8-12-5-6-14(13)22-12)9-15(20)18-11-4-2-3-10(17)7-11/h2-4,7,12-14H,5-6,8-9H2,1H3,(H,18,20)/t12-,13+,14-/m1/s1. The molecule has 1 aromatic carbocycles. The maximum Gasteiger partial charge on any atom is 0.243 e. The number of anilines is 1. The summed E-state index contributed by atoms with van der Waals surface area (Å²) < 4.78 is 18.7. The van der Waals surface area contributed by atoms with Crippen LogP contribution in [0.3, 0.4) is 0 Å². The lowest BCUT2D eigenvalue weighted by atomic mass is 9.88. The first-order chi connectivity index (χ1) is 10.5. The molecule has 2 amide bonds. The van der Waals surface area contributed by atoms with Crippen molar-refractivity contribution in [2.45, 2.75) is 31.5 Å². The van der Waals surface area contributed by atoms with E-state index in [1.165, 1.54) is 23.1 Å². The zero-order chi connectivity index (χ0) is 15.7. The van der Waals surface area contributed by atoms with Crippen LogP contribution in [0, 0.1) is 11.7 Å². The van der Waals surface area contributed by atoms with Crippen LogP contribution >= 0.6 is 0 Å². The first kappa shape index (κ1) is 15.0. The van der Waals surface area contributed by atoms with E-state index in [2.05, 4.69) is 5.32 Å². The van der Waals surface area contributed by atoms with E-state index in [0.717, 1.165) is 19.3 Å². The van der Waals surface area contributed by atoms with Crippen LogP contribution in [0.2, 0.25) is 0 Å². The second kappa shape index (κ2) is 6.04. The molecule has 5 nitrogen and oxygen atoms in total. The maximum atomic E-state index is 13.1. The molecule has 3 atom stereocenters. The maximum absolute atomic E-state index is 13.1. The summed E-state index contributed by atoms with van der Waals surface area (Å²) in [6.07, 6.45) is 2.90. The van der Waals surface area contributed by atoms with Gasteiger partial charge in [-0.15, -0.1) is 0 Å². The number of nitrogens with one attached hydrogen (secondary N) is 1. The molecule has 0 unspecified atom stereocenters. The highest BCUT2D eigenvalue weighted by atomic mass is 19.1. The lowest BCUT2D eigenvalue weighted by Gasteiger charge is -2.24. The van der Waals surface area contributed by atoms with E-state index < -0.39 is 5.82 Å². The molecule has 2 fully saturated rings. The second-order valence-electron chi connectivity index (χ2n) is 5.97. The van der Waals surface area contributed by atoms with Gasteiger partial charge < -0.3 is 15.0 Å². The molecule has 0 spiro atoms. The van der Waals surface area contributed by atoms with E-state index in [4.69, 9.17) is 4.74 Å². The van der Waals surface area contributed by atoms with Gasteiger partial charge in [0.15, 0.2) is 0 Å². The molecule has 1 aromatic rings. The van der Waals surface area contributed by atoms with E-state index >= 15 is 0 Å². The molecule has 0 radical (unpaired) electrons. The van der Waals surface area contributed by atoms with Crippen molar-refractivity contribution in [3.63, 3.8) is 0 Å². The van der Waals surface area contributed by atoms with E-state index in [-0.39, 0.29) is 36.5 Å². The smallest absolute Gasteiger partial charge is 0.243 e. The lowest BCUT2D eigenvalue weighted by molar-refractivity contribution is -0.138. The minimum absolute atomic E-state index is 0.00577. The quantitative estimate of drug-likeness (QED) is 0.922. The minimum Gasteiger partial charge on any atom is -0.374 e. The van der Waals surface area contributed by atoms with E-state index in [0.29, 0.717) is 5.69 Å². The third kappa shape index (κ3) is 3.11. The summed E-state index contributed by atoms with van der Waals surface area (Å²) in [6, 6.07) is 5.67. The number of halogens is 1. The molecule has 6 heteroatoms. The molecule has 0 aromatic heterocycles. The second-order valence-corrected chi connectivity index (χ2v) is 5.97. The Kier molecular flexibility index (Phi) is 4.11. The van der Waals surface area contributed by atoms with Crippen molar-refractivity contribution < 1.29 is 18.7 Å². The fraction of sp³-hybridized carbons (Fsp3) is 0.500. The molecule has 2 heterocycles. The molecular formula is C16H19FN2O3. The number of fused-ring (bicyclic) bond motifs is 2. The topological polar surface area (TPSA) is 58.6 Å². The summed E-state index contributed by atoms with van der Waals surface area (Å²) >= 11 is 0. The van der Waals surface area contributed by atoms with Gasteiger partial charge in [-0.05, 0) is 37.5 Å². The van der Waals surface area contributed by atoms with Gasteiger partial charge in [-0.2, -0.15) is 0 Å². The van der Waals surface area contributed by atoms with Crippen molar-refractivity contribution >= 4 is 17.5 Å². The number of amides is 2. The molecule has 2 saturated heterocycles. The third-order valence-corrected chi connectivity index (χ3v) is 4.29. The molecular weight excluding hydrogens is 287 g/mol. The van der Waals surface area contributed by atoms with Gasteiger partial charge in [-0.1, -0.05) is 6.07 Å². The van der Waals surface area contributed by atoms with E-state index in [1.54, 1.807) is 13.1 Å². The number of nitrogens with zero attached hydrogens (tertiary/aromatic N) is 1. The fourth-order valence-corrected chi connectivity index (χ4v) is 3.24. The van der Waals surface area contributed by atoms with Gasteiger partial charge in [0, 0.05) is 12.7 Å². The summed E-state index contributed by atoms with van der Waals surface area (Å²) in [5.41, 5.74) is 0.383. The Morgan fingerprint density at radius 3 is 2.86 bits per heavy atom. The zero-order valence-electron chi connectivity index (χ0n) is 12.4. The Morgan fingerprint density at radius 1 is 1.41 bits per heavy atom. The van der Waals surface area contributed by atoms with Gasteiger partial charge in [0.1, 0.15) is 5.82 Å². The molecule has 0 aliphatic carbocycles. The average molecular weight is 306 g/mol. The van der Waals surface area contributed by atoms with Crippen molar-refractivity contribution in [3.05, 3.63) is 30.1 Å². The highest BCUT2D eigenvalue weighted by Crippen LogP contribution is 2.39. The van der Waals surface area contributed by atoms with Crippen LogP contribution in [0.1, 0.15) is 19.3 Å². The van der Waals surface area contributed by atoms with Gasteiger partial charge >= 0.3 is 0 Å². The minimum atomic E-state index is -0.415. The van der Waals surface area contributed by atoms with Crippen molar-refractivity contribution in [2.24, 2.45) is 5.92 Å². The first-order valence-electron chi connectivity index (χ1n) is 7.49. The van der Waals surface area contributed by atoms with Crippen LogP contribution in [0.25, 0.3) is 0 Å². The normalized spacial score (nSPS) is 26.0. The van der Waals surface area contributed by atoms with Gasteiger partial charge in [-0.25, -0.2) is 4.39 Å². The molecule has 1 N–H and O–H groups in total. The Hall–Kier alpha value is -1.95. The first-order valence-corrected chi connectivity index (χ1v) is 7.49. The van der Waals surface area contributed by atoms with Crippen LogP contribution in [0.4, 0.5) is 10.1 Å². The number of carbonyl (C=O) groups is 2. The van der Waals surface area contributed by atoms with Crippen LogP contribution < -0.4 is 5.32 Å². The Balaban J connectivity index is 1.53. The molecule has 2 aliphatic heterocycles. The number of rotatable bonds is 4. The van der Waals surface area contributed by atoms with Crippen LogP contribution in [0.5, 0.6) is 0 Å². The summed E-state index contributed by atoms with van der Waals surface area (Å²) in [5.74, 6) is -0.945. The largest absolute Gasteiger partial charge is 0.374 e. The average Bonchev–Trinajstić information content (AvgIpc) is 3.08. The number of benzene rings is 1. The Bertz CT molecular complexity index is 593. The third-order valence-electron chi connectivity index (χ3n) is 4.29. The molecule has 3 rings (SSSR count). The lowest BCUT2D eigenvalue weighted by Crippen LogP contribution is -2.41. The zero-order valence-corrected chi connectivity index (χ0v) is 12.4. The number of ether oxygens (including phenoxy) is 1. The van der Waals surface area contributed by atoms with Gasteiger partial charge in [0.25, 0.3) is 0 Å². The van der Waals surface area contributed by atoms with Crippen molar-refractivity contribution in [1.29, 1.82) is 0 Å². The number of likely N-dealkylation sites (N-methyl/N-ethyl adjacent to an activating group) is 1. The SMILES string of the molecule is CN(CC(=O)Nc1cccc(F)c1)C(=O)[C@H]1C[C@H]2CC[C@H]1O2. The summed E-state index contributed by atoms with van der Waals surface area (Å²) in [6.45, 7) is -0.0523. The number of hydrogen-bond donors (Lipinski definition) is 1. The van der Waals surface area contributed by atoms with Crippen LogP contribution in [-0.2, 0) is 14.3 Å². The molecule has 2 bridgehead atoms. The monoisotopic (exact) mass is 306 g/mol. The molecule has 118 valence electrons. The Labute approximate surface area is 128 Å². The van der Waals surface area contributed by atoms with Crippen molar-refractivity contribution in [2.75, 3.05) is 18.9 Å². The van der Waals surface area contributed by atoms with Gasteiger partial charge in [0.2, 0.25) is 11.8 Å². The van der Waals surface area contributed by atoms with Gasteiger partial charge in [-0.3, -0.25) is 9.59 Å². The van der Waals surface area contributed by atoms with E-state index in [1.807, 2.05) is 0 Å². The van der Waals surface area contributed by atoms with Crippen molar-refractivity contribution in [1.82, 2.24) is 4.90 Å². The summed E-state index contributed by atoms with van der Waals surface area (Å²) in [4.78, 5) is 25.8. The summed E-state index contributed by atoms with van der Waals surface area (Å²) in [5, 5.41) is 2.59. The highest BCUT2D eigenvalue weighted by Gasteiger charge is 2.45. The van der Waals surface area contributed by atoms with Crippen molar-refractivity contribution in [3.8, 4) is 0 Å². The highest BCUT2D eigenvalue weighted by molar-refractivity contribution is 5.94. The Morgan fingerprint density at radius 2 is 2.23 bits per heavy atom. The molecule has 22 heavy (non-hydrogen) atoms. The molecule has 2 aliphatic rings. The van der Waals surface area contributed by atoms with Gasteiger partial charge in [0.05, 0.1) is 24.7 Å².